The zero-order valence-electron chi connectivity index (χ0n) is 12.3. The molecule has 0 fully saturated rings. The molecule has 0 aliphatic heterocycles. The largest absolute Gasteiger partial charge is 0.398 e. The van der Waals surface area contributed by atoms with Gasteiger partial charge in [0.1, 0.15) is 0 Å². The number of benzene rings is 1. The smallest absolute Gasteiger partial charge is 0.255 e. The molecular formula is C17H21N3O. The maximum absolute atomic E-state index is 12.6. The minimum Gasteiger partial charge on any atom is -0.398 e. The fourth-order valence-electron chi connectivity index (χ4n) is 2.24. The Morgan fingerprint density at radius 3 is 2.57 bits per heavy atom. The van der Waals surface area contributed by atoms with Crippen molar-refractivity contribution >= 4 is 11.6 Å². The fraction of sp³-hybridized carbons (Fsp3) is 0.294. The van der Waals surface area contributed by atoms with E-state index in [-0.39, 0.29) is 5.91 Å². The highest BCUT2D eigenvalue weighted by atomic mass is 16.2. The van der Waals surface area contributed by atoms with Gasteiger partial charge in [-0.2, -0.15) is 0 Å². The van der Waals surface area contributed by atoms with Gasteiger partial charge in [0.05, 0.1) is 5.56 Å². The van der Waals surface area contributed by atoms with E-state index in [1.54, 1.807) is 18.3 Å². The van der Waals surface area contributed by atoms with E-state index in [2.05, 4.69) is 11.9 Å². The van der Waals surface area contributed by atoms with Gasteiger partial charge in [-0.3, -0.25) is 9.78 Å². The summed E-state index contributed by atoms with van der Waals surface area (Å²) in [5, 5.41) is 0. The van der Waals surface area contributed by atoms with Crippen LogP contribution in [-0.4, -0.2) is 28.9 Å². The molecule has 2 rings (SSSR count). The predicted octanol–water partition coefficient (Wildman–Crippen LogP) is 2.76. The number of carbonyl (C=O) groups is 1. The summed E-state index contributed by atoms with van der Waals surface area (Å²) in [5.41, 5.74) is 8.00. The lowest BCUT2D eigenvalue weighted by molar-refractivity contribution is 0.0758. The van der Waals surface area contributed by atoms with E-state index >= 15 is 0 Å². The monoisotopic (exact) mass is 283 g/mol. The molecule has 4 nitrogen and oxygen atoms in total. The maximum atomic E-state index is 12.6. The van der Waals surface area contributed by atoms with E-state index in [1.165, 1.54) is 0 Å². The molecule has 1 amide bonds. The molecule has 0 saturated carbocycles. The van der Waals surface area contributed by atoms with Crippen molar-refractivity contribution in [2.24, 2.45) is 0 Å². The molecule has 1 aromatic carbocycles. The lowest BCUT2D eigenvalue weighted by atomic mass is 10.1. The minimum atomic E-state index is -0.00844. The Bertz CT molecular complexity index is 584. The molecule has 0 atom stereocenters. The van der Waals surface area contributed by atoms with Crippen LogP contribution in [-0.2, 0) is 6.42 Å². The van der Waals surface area contributed by atoms with Gasteiger partial charge >= 0.3 is 0 Å². The number of para-hydroxylation sites is 1. The van der Waals surface area contributed by atoms with E-state index < -0.39 is 0 Å². The topological polar surface area (TPSA) is 59.2 Å². The second-order valence-corrected chi connectivity index (χ2v) is 4.95. The fourth-order valence-corrected chi connectivity index (χ4v) is 2.24. The van der Waals surface area contributed by atoms with Gasteiger partial charge < -0.3 is 10.6 Å². The third kappa shape index (κ3) is 4.05. The van der Waals surface area contributed by atoms with Gasteiger partial charge in [-0.05, 0) is 30.7 Å². The SMILES string of the molecule is CCCN(CCc1ccccn1)C(=O)c1ccccc1N. The molecule has 4 heteroatoms. The van der Waals surface area contributed by atoms with E-state index in [0.29, 0.717) is 17.8 Å². The predicted molar refractivity (Wildman–Crippen MR) is 85.0 cm³/mol. The Hall–Kier alpha value is -2.36. The van der Waals surface area contributed by atoms with E-state index in [1.807, 2.05) is 35.2 Å². The van der Waals surface area contributed by atoms with Gasteiger partial charge in [0.2, 0.25) is 0 Å². The molecule has 0 spiro atoms. The molecule has 2 N–H and O–H groups in total. The highest BCUT2D eigenvalue weighted by molar-refractivity contribution is 5.99. The van der Waals surface area contributed by atoms with Crippen molar-refractivity contribution in [2.45, 2.75) is 19.8 Å². The van der Waals surface area contributed by atoms with Crippen LogP contribution in [0.5, 0.6) is 0 Å². The summed E-state index contributed by atoms with van der Waals surface area (Å²) in [6.45, 7) is 3.44. The van der Waals surface area contributed by atoms with Gasteiger partial charge in [-0.15, -0.1) is 0 Å². The van der Waals surface area contributed by atoms with Crippen molar-refractivity contribution in [2.75, 3.05) is 18.8 Å². The Labute approximate surface area is 125 Å². The molecule has 1 heterocycles. The number of nitrogens with two attached hydrogens (primary N) is 1. The van der Waals surface area contributed by atoms with Crippen molar-refractivity contribution in [3.05, 3.63) is 59.9 Å². The Morgan fingerprint density at radius 1 is 1.14 bits per heavy atom. The van der Waals surface area contributed by atoms with E-state index in [9.17, 15) is 4.79 Å². The van der Waals surface area contributed by atoms with Gasteiger partial charge in [0.25, 0.3) is 5.91 Å². The zero-order chi connectivity index (χ0) is 15.1. The number of carbonyl (C=O) groups excluding carboxylic acids is 1. The first-order valence-electron chi connectivity index (χ1n) is 7.26. The van der Waals surface area contributed by atoms with Crippen LogP contribution in [0.1, 0.15) is 29.4 Å². The van der Waals surface area contributed by atoms with Crippen LogP contribution in [0.25, 0.3) is 0 Å². The van der Waals surface area contributed by atoms with Crippen LogP contribution >= 0.6 is 0 Å². The Balaban J connectivity index is 2.08. The third-order valence-corrected chi connectivity index (χ3v) is 3.34. The summed E-state index contributed by atoms with van der Waals surface area (Å²) in [6.07, 6.45) is 3.44. The Kier molecular flexibility index (Phi) is 5.32. The van der Waals surface area contributed by atoms with Gasteiger partial charge in [0.15, 0.2) is 0 Å². The van der Waals surface area contributed by atoms with Gasteiger partial charge in [0, 0.05) is 37.1 Å². The molecule has 0 bridgehead atoms. The lowest BCUT2D eigenvalue weighted by Gasteiger charge is -2.22. The summed E-state index contributed by atoms with van der Waals surface area (Å²) in [6, 6.07) is 13.0. The zero-order valence-corrected chi connectivity index (χ0v) is 12.3. The summed E-state index contributed by atoms with van der Waals surface area (Å²) < 4.78 is 0. The molecule has 21 heavy (non-hydrogen) atoms. The number of hydrogen-bond donors (Lipinski definition) is 1. The molecule has 0 aliphatic carbocycles. The number of anilines is 1. The number of aromatic nitrogens is 1. The van der Waals surface area contributed by atoms with Crippen LogP contribution in [0, 0.1) is 0 Å². The first-order valence-corrected chi connectivity index (χ1v) is 7.26. The Morgan fingerprint density at radius 2 is 1.90 bits per heavy atom. The van der Waals surface area contributed by atoms with Gasteiger partial charge in [-0.25, -0.2) is 0 Å². The summed E-state index contributed by atoms with van der Waals surface area (Å²) in [7, 11) is 0. The van der Waals surface area contributed by atoms with E-state index in [4.69, 9.17) is 5.73 Å². The summed E-state index contributed by atoms with van der Waals surface area (Å²) in [4.78, 5) is 18.7. The first kappa shape index (κ1) is 15.0. The van der Waals surface area contributed by atoms with Crippen LogP contribution in [0.2, 0.25) is 0 Å². The average molecular weight is 283 g/mol. The first-order chi connectivity index (χ1) is 10.2. The number of nitrogen functional groups attached to an aromatic ring is 1. The maximum Gasteiger partial charge on any atom is 0.255 e. The molecule has 2 aromatic rings. The quantitative estimate of drug-likeness (QED) is 0.829. The van der Waals surface area contributed by atoms with Crippen molar-refractivity contribution in [3.63, 3.8) is 0 Å². The number of hydrogen-bond acceptors (Lipinski definition) is 3. The highest BCUT2D eigenvalue weighted by Gasteiger charge is 2.17. The second-order valence-electron chi connectivity index (χ2n) is 4.95. The number of amides is 1. The van der Waals surface area contributed by atoms with Crippen LogP contribution in [0.15, 0.2) is 48.7 Å². The van der Waals surface area contributed by atoms with Crippen molar-refractivity contribution in [1.29, 1.82) is 0 Å². The number of pyridine rings is 1. The van der Waals surface area contributed by atoms with Crippen LogP contribution in [0.3, 0.4) is 0 Å². The summed E-state index contributed by atoms with van der Waals surface area (Å²) in [5.74, 6) is -0.00844. The molecule has 0 unspecified atom stereocenters. The minimum absolute atomic E-state index is 0.00844. The van der Waals surface area contributed by atoms with Gasteiger partial charge in [-0.1, -0.05) is 25.1 Å². The third-order valence-electron chi connectivity index (χ3n) is 3.34. The molecular weight excluding hydrogens is 262 g/mol. The molecule has 0 radical (unpaired) electrons. The molecule has 110 valence electrons. The normalized spacial score (nSPS) is 10.3. The molecule has 0 aliphatic rings. The highest BCUT2D eigenvalue weighted by Crippen LogP contribution is 2.14. The van der Waals surface area contributed by atoms with Crippen LogP contribution in [0.4, 0.5) is 5.69 Å². The lowest BCUT2D eigenvalue weighted by Crippen LogP contribution is -2.34. The number of nitrogens with zero attached hydrogens (tertiary/aromatic N) is 2. The molecule has 0 saturated heterocycles. The standard InChI is InChI=1S/C17H21N3O/c1-2-12-20(13-10-14-7-5-6-11-19-14)17(21)15-8-3-4-9-16(15)18/h3-9,11H,2,10,12-13,18H2,1H3. The van der Waals surface area contributed by atoms with Crippen molar-refractivity contribution in [1.82, 2.24) is 9.88 Å². The van der Waals surface area contributed by atoms with Crippen LogP contribution < -0.4 is 5.73 Å². The second kappa shape index (κ2) is 7.43. The number of rotatable bonds is 6. The van der Waals surface area contributed by atoms with Crippen molar-refractivity contribution in [3.8, 4) is 0 Å². The molecule has 1 aromatic heterocycles. The average Bonchev–Trinajstić information content (AvgIpc) is 2.52. The summed E-state index contributed by atoms with van der Waals surface area (Å²) >= 11 is 0. The van der Waals surface area contributed by atoms with E-state index in [0.717, 1.165) is 25.1 Å². The van der Waals surface area contributed by atoms with Crippen molar-refractivity contribution < 1.29 is 4.79 Å².